The number of aromatic nitrogens is 5. The van der Waals surface area contributed by atoms with Gasteiger partial charge < -0.3 is 10.1 Å². The molecule has 1 N–H and O–H groups in total. The number of thioether (sulfide) groups is 1. The van der Waals surface area contributed by atoms with Crippen molar-refractivity contribution in [1.82, 2.24) is 29.5 Å². The molecule has 1 amide bonds. The number of carbonyl (C=O) groups excluding carboxylic acids is 1. The van der Waals surface area contributed by atoms with E-state index in [9.17, 15) is 9.18 Å². The van der Waals surface area contributed by atoms with Crippen LogP contribution in [-0.2, 0) is 6.54 Å². The molecule has 0 aliphatic carbocycles. The Kier molecular flexibility index (Phi) is 6.84. The predicted molar refractivity (Wildman–Crippen MR) is 134 cm³/mol. The summed E-state index contributed by atoms with van der Waals surface area (Å²) < 4.78 is 23.3. The van der Waals surface area contributed by atoms with Gasteiger partial charge in [-0.15, -0.1) is 11.8 Å². The molecule has 0 unspecified atom stereocenters. The van der Waals surface area contributed by atoms with Crippen LogP contribution in [0.4, 0.5) is 4.39 Å². The van der Waals surface area contributed by atoms with Gasteiger partial charge in [-0.3, -0.25) is 18.9 Å². The lowest BCUT2D eigenvalue weighted by Gasteiger charge is -2.19. The van der Waals surface area contributed by atoms with E-state index in [1.807, 2.05) is 23.6 Å². The summed E-state index contributed by atoms with van der Waals surface area (Å²) in [6.45, 7) is 10.5. The van der Waals surface area contributed by atoms with Crippen molar-refractivity contribution in [2.45, 2.75) is 56.8 Å². The second-order valence-electron chi connectivity index (χ2n) is 9.09. The van der Waals surface area contributed by atoms with Crippen molar-refractivity contribution in [3.8, 4) is 17.1 Å². The number of halogens is 1. The molecular weight excluding hydrogens is 467 g/mol. The summed E-state index contributed by atoms with van der Waals surface area (Å²) in [6.07, 6.45) is 5.22. The van der Waals surface area contributed by atoms with Gasteiger partial charge in [0.1, 0.15) is 28.6 Å². The quantitative estimate of drug-likeness (QED) is 0.357. The minimum Gasteiger partial charge on any atom is -0.495 e. The van der Waals surface area contributed by atoms with Crippen molar-refractivity contribution < 1.29 is 13.9 Å². The monoisotopic (exact) mass is 496 g/mol. The number of carbonyl (C=O) groups is 1. The number of methoxy groups -OCH3 is 1. The Labute approximate surface area is 207 Å². The smallest absolute Gasteiger partial charge is 0.270 e. The third-order valence-corrected chi connectivity index (χ3v) is 6.47. The Balaban J connectivity index is 1.69. The predicted octanol–water partition coefficient (Wildman–Crippen LogP) is 5.14. The Hall–Kier alpha value is -3.40. The first-order chi connectivity index (χ1) is 16.6. The number of aryl methyl sites for hydroxylation is 1. The molecule has 0 saturated heterocycles. The molecule has 35 heavy (non-hydrogen) atoms. The van der Waals surface area contributed by atoms with Crippen LogP contribution in [0.15, 0.2) is 47.8 Å². The lowest BCUT2D eigenvalue weighted by molar-refractivity contribution is 0.0927. The molecule has 0 aliphatic heterocycles. The number of fused-ring (bicyclic) bond motifs is 1. The lowest BCUT2D eigenvalue weighted by atomic mass is 10.2. The van der Waals surface area contributed by atoms with E-state index in [4.69, 9.17) is 4.74 Å². The molecule has 0 radical (unpaired) electrons. The van der Waals surface area contributed by atoms with Crippen LogP contribution in [0.5, 0.6) is 5.75 Å². The molecule has 184 valence electrons. The Morgan fingerprint density at radius 3 is 2.71 bits per heavy atom. The number of hydrogen-bond acceptors (Lipinski definition) is 6. The molecule has 0 aromatic carbocycles. The molecular formula is C25H29FN6O2S. The molecule has 0 aliphatic rings. The van der Waals surface area contributed by atoms with E-state index < -0.39 is 11.9 Å². The van der Waals surface area contributed by atoms with E-state index in [1.165, 1.54) is 18.3 Å². The van der Waals surface area contributed by atoms with Crippen LogP contribution < -0.4 is 10.1 Å². The van der Waals surface area contributed by atoms with Crippen LogP contribution in [-0.4, -0.2) is 41.9 Å². The van der Waals surface area contributed by atoms with Crippen LogP contribution in [0.2, 0.25) is 0 Å². The van der Waals surface area contributed by atoms with E-state index in [2.05, 4.69) is 41.2 Å². The van der Waals surface area contributed by atoms with Gasteiger partial charge in [0.15, 0.2) is 0 Å². The number of ether oxygens (including phenoxy) is 1. The Morgan fingerprint density at radius 1 is 1.29 bits per heavy atom. The minimum absolute atomic E-state index is 0.0134. The number of nitrogens with one attached hydrogen (secondary N) is 1. The van der Waals surface area contributed by atoms with Crippen molar-refractivity contribution in [1.29, 1.82) is 0 Å². The van der Waals surface area contributed by atoms with E-state index in [1.54, 1.807) is 42.7 Å². The highest BCUT2D eigenvalue weighted by Gasteiger charge is 2.22. The van der Waals surface area contributed by atoms with Crippen LogP contribution >= 0.6 is 11.8 Å². The summed E-state index contributed by atoms with van der Waals surface area (Å²) in [5.41, 5.74) is 2.63. The van der Waals surface area contributed by atoms with Crippen LogP contribution in [0, 0.1) is 5.82 Å². The SMILES string of the molecule is CCn1nc(-c2cnc3cc(OC)c(SC(C)(C)C)cn23)cc1C(=O)N[C@H](C)c1ncccc1F. The van der Waals surface area contributed by atoms with Gasteiger partial charge in [0.2, 0.25) is 0 Å². The van der Waals surface area contributed by atoms with Gasteiger partial charge in [0.05, 0.1) is 35.6 Å². The highest BCUT2D eigenvalue weighted by molar-refractivity contribution is 8.00. The molecule has 4 aromatic heterocycles. The molecule has 0 saturated carbocycles. The normalized spacial score (nSPS) is 12.7. The summed E-state index contributed by atoms with van der Waals surface area (Å²) in [4.78, 5) is 22.7. The minimum atomic E-state index is -0.604. The molecule has 4 aromatic rings. The van der Waals surface area contributed by atoms with Crippen molar-refractivity contribution >= 4 is 23.3 Å². The Morgan fingerprint density at radius 2 is 2.06 bits per heavy atom. The number of pyridine rings is 2. The largest absolute Gasteiger partial charge is 0.495 e. The highest BCUT2D eigenvalue weighted by Crippen LogP contribution is 2.39. The molecule has 0 bridgehead atoms. The molecule has 0 fully saturated rings. The van der Waals surface area contributed by atoms with Gasteiger partial charge >= 0.3 is 0 Å². The standard InChI is InChI=1S/C25H29FN6O2S/c1-7-32-18(24(33)29-15(2)23-16(26)9-8-10-27-23)11-17(30-32)19-13-28-22-12-20(34-6)21(14-31(19)22)35-25(3,4)5/h8-15H,7H2,1-6H3,(H,29,33)/t15-/m1/s1. The van der Waals surface area contributed by atoms with Crippen molar-refractivity contribution in [2.24, 2.45) is 0 Å². The zero-order valence-electron chi connectivity index (χ0n) is 20.7. The fourth-order valence-electron chi connectivity index (χ4n) is 3.76. The molecule has 4 heterocycles. The second kappa shape index (κ2) is 9.69. The molecule has 10 heteroatoms. The van der Waals surface area contributed by atoms with Gasteiger partial charge in [0.25, 0.3) is 5.91 Å². The summed E-state index contributed by atoms with van der Waals surface area (Å²) in [5.74, 6) is -0.0674. The van der Waals surface area contributed by atoms with Gasteiger partial charge in [-0.2, -0.15) is 5.10 Å². The summed E-state index contributed by atoms with van der Waals surface area (Å²) in [7, 11) is 1.65. The Bertz CT molecular complexity index is 1370. The van der Waals surface area contributed by atoms with Crippen LogP contribution in [0.25, 0.3) is 17.0 Å². The number of rotatable bonds is 7. The van der Waals surface area contributed by atoms with E-state index in [0.29, 0.717) is 23.6 Å². The van der Waals surface area contributed by atoms with E-state index in [0.717, 1.165) is 16.3 Å². The van der Waals surface area contributed by atoms with Gasteiger partial charge in [-0.05, 0) is 32.0 Å². The number of nitrogens with zero attached hydrogens (tertiary/aromatic N) is 5. The van der Waals surface area contributed by atoms with Crippen molar-refractivity contribution in [3.63, 3.8) is 0 Å². The zero-order valence-corrected chi connectivity index (χ0v) is 21.5. The maximum absolute atomic E-state index is 14.1. The van der Waals surface area contributed by atoms with Gasteiger partial charge in [0, 0.05) is 29.8 Å². The van der Waals surface area contributed by atoms with E-state index >= 15 is 0 Å². The maximum Gasteiger partial charge on any atom is 0.270 e. The average Bonchev–Trinajstić information content (AvgIpc) is 3.41. The first-order valence-electron chi connectivity index (χ1n) is 11.3. The molecule has 1 atom stereocenters. The third kappa shape index (κ3) is 5.17. The van der Waals surface area contributed by atoms with Crippen molar-refractivity contribution in [2.75, 3.05) is 7.11 Å². The zero-order chi connectivity index (χ0) is 25.3. The van der Waals surface area contributed by atoms with Crippen molar-refractivity contribution in [3.05, 3.63) is 60.1 Å². The topological polar surface area (TPSA) is 86.3 Å². The summed E-state index contributed by atoms with van der Waals surface area (Å²) in [5, 5.41) is 7.48. The van der Waals surface area contributed by atoms with Crippen LogP contribution in [0.3, 0.4) is 0 Å². The maximum atomic E-state index is 14.1. The summed E-state index contributed by atoms with van der Waals surface area (Å²) >= 11 is 1.70. The molecule has 4 rings (SSSR count). The van der Waals surface area contributed by atoms with Gasteiger partial charge in [-0.1, -0.05) is 20.8 Å². The number of imidazole rings is 1. The summed E-state index contributed by atoms with van der Waals surface area (Å²) in [6, 6.07) is 5.86. The second-order valence-corrected chi connectivity index (χ2v) is 11.0. The van der Waals surface area contributed by atoms with Gasteiger partial charge in [-0.25, -0.2) is 9.37 Å². The highest BCUT2D eigenvalue weighted by atomic mass is 32.2. The first kappa shape index (κ1) is 24.7. The molecule has 0 spiro atoms. The van der Waals surface area contributed by atoms with E-state index in [-0.39, 0.29) is 16.3 Å². The fourth-order valence-corrected chi connectivity index (χ4v) is 4.82. The third-order valence-electron chi connectivity index (χ3n) is 5.33. The lowest BCUT2D eigenvalue weighted by Crippen LogP contribution is -2.29. The van der Waals surface area contributed by atoms with Crippen LogP contribution in [0.1, 0.15) is 56.8 Å². The molecule has 8 nitrogen and oxygen atoms in total. The average molecular weight is 497 g/mol. The number of hydrogen-bond donors (Lipinski definition) is 1. The fraction of sp³-hybridized carbons (Fsp3) is 0.360. The number of amides is 1. The first-order valence-corrected chi connectivity index (χ1v) is 12.2.